The van der Waals surface area contributed by atoms with Crippen LogP contribution in [0.15, 0.2) is 48.9 Å². The molecule has 1 amide bonds. The summed E-state index contributed by atoms with van der Waals surface area (Å²) in [4.78, 5) is 32.4. The standard InChI is InChI=1S/C24H25F3N6O2/c1-14-5-7-18(22-28-9-4-10-29-22)21(32-14)23(34)33-13-15(2)35-16(3)19(33)12-31-20-8-6-17(11-30-20)24(25,26)27/h4-11,15-16,19H,12-13H2,1-3H3,(H,30,31)/t15-,16+,19-/m1/s1. The number of hydrogen-bond donors (Lipinski definition) is 1. The lowest BCUT2D eigenvalue weighted by molar-refractivity contribution is -0.137. The van der Waals surface area contributed by atoms with Gasteiger partial charge >= 0.3 is 6.18 Å². The molecule has 184 valence electrons. The van der Waals surface area contributed by atoms with E-state index in [4.69, 9.17) is 4.74 Å². The van der Waals surface area contributed by atoms with E-state index >= 15 is 0 Å². The van der Waals surface area contributed by atoms with E-state index in [9.17, 15) is 18.0 Å². The highest BCUT2D eigenvalue weighted by Gasteiger charge is 2.37. The van der Waals surface area contributed by atoms with Crippen molar-refractivity contribution in [1.29, 1.82) is 0 Å². The third-order valence-electron chi connectivity index (χ3n) is 5.73. The molecule has 1 N–H and O–H groups in total. The van der Waals surface area contributed by atoms with Crippen LogP contribution in [-0.2, 0) is 10.9 Å². The maximum atomic E-state index is 13.8. The minimum atomic E-state index is -4.46. The second-order valence-corrected chi connectivity index (χ2v) is 8.41. The largest absolute Gasteiger partial charge is 0.417 e. The number of hydrogen-bond acceptors (Lipinski definition) is 7. The Balaban J connectivity index is 1.60. The molecule has 1 fully saturated rings. The highest BCUT2D eigenvalue weighted by Crippen LogP contribution is 2.29. The van der Waals surface area contributed by atoms with Crippen molar-refractivity contribution in [3.05, 3.63) is 65.9 Å². The van der Waals surface area contributed by atoms with E-state index < -0.39 is 17.8 Å². The Morgan fingerprint density at radius 1 is 1.14 bits per heavy atom. The van der Waals surface area contributed by atoms with Crippen LogP contribution < -0.4 is 5.32 Å². The molecule has 1 saturated heterocycles. The average Bonchev–Trinajstić information content (AvgIpc) is 2.83. The summed E-state index contributed by atoms with van der Waals surface area (Å²) in [6.07, 6.45) is -1.05. The summed E-state index contributed by atoms with van der Waals surface area (Å²) in [5.41, 5.74) is 0.592. The fraction of sp³-hybridized carbons (Fsp3) is 0.375. The van der Waals surface area contributed by atoms with Crippen molar-refractivity contribution in [1.82, 2.24) is 24.8 Å². The number of pyridine rings is 2. The number of anilines is 1. The first-order chi connectivity index (χ1) is 16.6. The predicted octanol–water partition coefficient (Wildman–Crippen LogP) is 3.99. The fourth-order valence-corrected chi connectivity index (χ4v) is 4.03. The van der Waals surface area contributed by atoms with E-state index in [1.807, 2.05) is 13.8 Å². The fourth-order valence-electron chi connectivity index (χ4n) is 4.03. The monoisotopic (exact) mass is 486 g/mol. The molecule has 0 unspecified atom stereocenters. The summed E-state index contributed by atoms with van der Waals surface area (Å²) in [7, 11) is 0. The maximum absolute atomic E-state index is 13.8. The molecule has 4 heterocycles. The molecule has 0 aliphatic carbocycles. The van der Waals surface area contributed by atoms with E-state index in [1.54, 1.807) is 42.4 Å². The molecule has 0 radical (unpaired) electrons. The smallest absolute Gasteiger partial charge is 0.372 e. The molecule has 0 saturated carbocycles. The van der Waals surface area contributed by atoms with Gasteiger partial charge in [-0.1, -0.05) is 0 Å². The first kappa shape index (κ1) is 24.5. The van der Waals surface area contributed by atoms with Crippen molar-refractivity contribution in [2.75, 3.05) is 18.4 Å². The van der Waals surface area contributed by atoms with Gasteiger partial charge in [-0.3, -0.25) is 4.79 Å². The summed E-state index contributed by atoms with van der Waals surface area (Å²) >= 11 is 0. The quantitative estimate of drug-likeness (QED) is 0.583. The number of aromatic nitrogens is 4. The van der Waals surface area contributed by atoms with Crippen LogP contribution >= 0.6 is 0 Å². The lowest BCUT2D eigenvalue weighted by Gasteiger charge is -2.43. The third-order valence-corrected chi connectivity index (χ3v) is 5.73. The first-order valence-corrected chi connectivity index (χ1v) is 11.1. The number of carbonyl (C=O) groups is 1. The van der Waals surface area contributed by atoms with Gasteiger partial charge in [0.25, 0.3) is 5.91 Å². The highest BCUT2D eigenvalue weighted by atomic mass is 19.4. The van der Waals surface area contributed by atoms with E-state index in [1.165, 1.54) is 6.07 Å². The van der Waals surface area contributed by atoms with Gasteiger partial charge in [-0.05, 0) is 51.1 Å². The summed E-state index contributed by atoms with van der Waals surface area (Å²) in [6, 6.07) is 7.06. The highest BCUT2D eigenvalue weighted by molar-refractivity contribution is 5.98. The van der Waals surface area contributed by atoms with Crippen LogP contribution in [0.1, 0.15) is 35.6 Å². The van der Waals surface area contributed by atoms with Crippen LogP contribution in [0.25, 0.3) is 11.4 Å². The molecule has 1 aliphatic rings. The number of morpholine rings is 1. The Bertz CT molecular complexity index is 1170. The molecule has 0 aromatic carbocycles. The lowest BCUT2D eigenvalue weighted by atomic mass is 10.0. The molecule has 11 heteroatoms. The van der Waals surface area contributed by atoms with Crippen molar-refractivity contribution < 1.29 is 22.7 Å². The Labute approximate surface area is 200 Å². The maximum Gasteiger partial charge on any atom is 0.417 e. The van der Waals surface area contributed by atoms with Gasteiger partial charge in [0.2, 0.25) is 0 Å². The zero-order chi connectivity index (χ0) is 25.2. The van der Waals surface area contributed by atoms with Crippen molar-refractivity contribution >= 4 is 11.7 Å². The zero-order valence-electron chi connectivity index (χ0n) is 19.5. The minimum absolute atomic E-state index is 0.212. The van der Waals surface area contributed by atoms with Crippen LogP contribution in [-0.4, -0.2) is 62.1 Å². The predicted molar refractivity (Wildman–Crippen MR) is 123 cm³/mol. The van der Waals surface area contributed by atoms with Gasteiger partial charge < -0.3 is 15.0 Å². The van der Waals surface area contributed by atoms with Gasteiger partial charge in [-0.15, -0.1) is 0 Å². The van der Waals surface area contributed by atoms with E-state index in [2.05, 4.69) is 25.3 Å². The Kier molecular flexibility index (Phi) is 6.97. The van der Waals surface area contributed by atoms with Crippen molar-refractivity contribution in [3.63, 3.8) is 0 Å². The molecule has 8 nitrogen and oxygen atoms in total. The Morgan fingerprint density at radius 2 is 1.89 bits per heavy atom. The molecule has 35 heavy (non-hydrogen) atoms. The van der Waals surface area contributed by atoms with Crippen molar-refractivity contribution in [3.8, 4) is 11.4 Å². The van der Waals surface area contributed by atoms with Crippen LogP contribution in [0.5, 0.6) is 0 Å². The number of aryl methyl sites for hydroxylation is 1. The third kappa shape index (κ3) is 5.56. The Hall–Kier alpha value is -3.60. The second-order valence-electron chi connectivity index (χ2n) is 8.41. The molecule has 3 aromatic rings. The van der Waals surface area contributed by atoms with Gasteiger partial charge in [0.15, 0.2) is 5.82 Å². The molecule has 4 rings (SSSR count). The molecule has 0 spiro atoms. The molecule has 3 atom stereocenters. The normalized spacial score (nSPS) is 20.5. The first-order valence-electron chi connectivity index (χ1n) is 11.1. The number of carbonyl (C=O) groups excluding carboxylic acids is 1. The number of rotatable bonds is 5. The summed E-state index contributed by atoms with van der Waals surface area (Å²) in [5, 5.41) is 3.03. The average molecular weight is 486 g/mol. The molecule has 3 aromatic heterocycles. The van der Waals surface area contributed by atoms with Crippen molar-refractivity contribution in [2.24, 2.45) is 0 Å². The van der Waals surface area contributed by atoms with Crippen LogP contribution in [0.3, 0.4) is 0 Å². The van der Waals surface area contributed by atoms with Crippen LogP contribution in [0.2, 0.25) is 0 Å². The number of nitrogens with one attached hydrogen (secondary N) is 1. The number of halogens is 3. The minimum Gasteiger partial charge on any atom is -0.372 e. The summed E-state index contributed by atoms with van der Waals surface area (Å²) < 4.78 is 44.5. The van der Waals surface area contributed by atoms with Gasteiger partial charge in [-0.2, -0.15) is 13.2 Å². The number of nitrogens with zero attached hydrogens (tertiary/aromatic N) is 5. The van der Waals surface area contributed by atoms with Crippen LogP contribution in [0.4, 0.5) is 19.0 Å². The number of amides is 1. The van der Waals surface area contributed by atoms with E-state index in [0.717, 1.165) is 12.3 Å². The topological polar surface area (TPSA) is 93.1 Å². The van der Waals surface area contributed by atoms with E-state index in [-0.39, 0.29) is 36.2 Å². The van der Waals surface area contributed by atoms with E-state index in [0.29, 0.717) is 23.6 Å². The van der Waals surface area contributed by atoms with Gasteiger partial charge in [0, 0.05) is 37.4 Å². The van der Waals surface area contributed by atoms with Gasteiger partial charge in [-0.25, -0.2) is 19.9 Å². The molecule has 0 bridgehead atoms. The van der Waals surface area contributed by atoms with Crippen LogP contribution in [0, 0.1) is 6.92 Å². The van der Waals surface area contributed by atoms with Gasteiger partial charge in [0.05, 0.1) is 29.4 Å². The lowest BCUT2D eigenvalue weighted by Crippen LogP contribution is -2.58. The zero-order valence-corrected chi connectivity index (χ0v) is 19.5. The van der Waals surface area contributed by atoms with Gasteiger partial charge in [0.1, 0.15) is 11.5 Å². The Morgan fingerprint density at radius 3 is 2.54 bits per heavy atom. The summed E-state index contributed by atoms with van der Waals surface area (Å²) in [5.74, 6) is 0.356. The number of ether oxygens (including phenoxy) is 1. The number of alkyl halides is 3. The van der Waals surface area contributed by atoms with Crippen molar-refractivity contribution in [2.45, 2.75) is 45.2 Å². The molecular formula is C24H25F3N6O2. The molecule has 1 aliphatic heterocycles. The molecular weight excluding hydrogens is 461 g/mol. The summed E-state index contributed by atoms with van der Waals surface area (Å²) in [6.45, 7) is 6.07. The second kappa shape index (κ2) is 9.95. The SMILES string of the molecule is Cc1ccc(-c2ncccn2)c(C(=O)N2C[C@@H](C)O[C@@H](C)[C@H]2CNc2ccc(C(F)(F)F)cn2)n1.